The maximum Gasteiger partial charge on any atom is 0.273 e. The molecule has 1 aliphatic heterocycles. The van der Waals surface area contributed by atoms with Crippen LogP contribution < -0.4 is 14.8 Å². The molecule has 1 amide bonds. The highest BCUT2D eigenvalue weighted by Gasteiger charge is 2.25. The summed E-state index contributed by atoms with van der Waals surface area (Å²) in [6.07, 6.45) is 0.815. The minimum atomic E-state index is -0.264. The molecule has 0 radical (unpaired) electrons. The minimum absolute atomic E-state index is 0.183. The lowest BCUT2D eigenvalue weighted by Crippen LogP contribution is -2.35. The van der Waals surface area contributed by atoms with Gasteiger partial charge < -0.3 is 24.1 Å². The summed E-state index contributed by atoms with van der Waals surface area (Å²) in [5, 5.41) is 6.75. The van der Waals surface area contributed by atoms with Crippen molar-refractivity contribution >= 4 is 5.91 Å². The Morgan fingerprint density at radius 2 is 2.24 bits per heavy atom. The Morgan fingerprint density at radius 3 is 3.00 bits per heavy atom. The summed E-state index contributed by atoms with van der Waals surface area (Å²) in [6.45, 7) is 3.07. The van der Waals surface area contributed by atoms with Gasteiger partial charge in [0.1, 0.15) is 5.76 Å². The van der Waals surface area contributed by atoms with Crippen LogP contribution in [0.2, 0.25) is 0 Å². The van der Waals surface area contributed by atoms with E-state index in [1.807, 2.05) is 18.2 Å². The van der Waals surface area contributed by atoms with Crippen molar-refractivity contribution in [1.82, 2.24) is 10.5 Å². The first-order valence-electron chi connectivity index (χ1n) is 8.15. The predicted octanol–water partition coefficient (Wildman–Crippen LogP) is 2.12. The average molecular weight is 346 g/mol. The fourth-order valence-corrected chi connectivity index (χ4v) is 2.95. The molecule has 1 atom stereocenters. The van der Waals surface area contributed by atoms with Crippen LogP contribution in [0.1, 0.15) is 27.4 Å². The highest BCUT2D eigenvalue weighted by molar-refractivity contribution is 5.93. The topological polar surface area (TPSA) is 82.8 Å². The second-order valence-electron chi connectivity index (χ2n) is 6.04. The first-order chi connectivity index (χ1) is 12.1. The molecule has 1 aliphatic rings. The molecule has 0 spiro atoms. The van der Waals surface area contributed by atoms with Crippen molar-refractivity contribution in [2.24, 2.45) is 5.92 Å². The van der Waals surface area contributed by atoms with Gasteiger partial charge in [-0.05, 0) is 25.0 Å². The molecule has 7 heteroatoms. The van der Waals surface area contributed by atoms with E-state index in [9.17, 15) is 4.79 Å². The molecule has 2 aromatic rings. The molecule has 0 saturated heterocycles. The number of carbonyl (C=O) groups excluding carboxylic acids is 1. The van der Waals surface area contributed by atoms with Gasteiger partial charge in [0, 0.05) is 19.6 Å². The molecule has 1 aromatic carbocycles. The van der Waals surface area contributed by atoms with Crippen molar-refractivity contribution in [1.29, 1.82) is 0 Å². The SMILES string of the molecule is COCc1c(C(=O)NCC2COc3c(cccc3OC)C2)noc1C. The standard InChI is InChI=1S/C18H22N2O5/c1-11-14(10-22-2)16(20-25-11)18(21)19-8-12-7-13-5-4-6-15(23-3)17(13)24-9-12/h4-6,12H,7-10H2,1-3H3,(H,19,21). The van der Waals surface area contributed by atoms with Crippen LogP contribution in [0, 0.1) is 12.8 Å². The number of methoxy groups -OCH3 is 2. The first-order valence-corrected chi connectivity index (χ1v) is 8.15. The van der Waals surface area contributed by atoms with Crippen molar-refractivity contribution < 1.29 is 23.5 Å². The van der Waals surface area contributed by atoms with Crippen LogP contribution in [0.4, 0.5) is 0 Å². The zero-order valence-corrected chi connectivity index (χ0v) is 14.6. The van der Waals surface area contributed by atoms with Gasteiger partial charge in [-0.15, -0.1) is 0 Å². The van der Waals surface area contributed by atoms with E-state index in [0.29, 0.717) is 24.5 Å². The van der Waals surface area contributed by atoms with Crippen LogP contribution in [0.15, 0.2) is 22.7 Å². The third-order valence-electron chi connectivity index (χ3n) is 4.29. The number of nitrogens with one attached hydrogen (secondary N) is 1. The quantitative estimate of drug-likeness (QED) is 0.863. The van der Waals surface area contributed by atoms with Gasteiger partial charge in [0.05, 0.1) is 25.9 Å². The van der Waals surface area contributed by atoms with E-state index >= 15 is 0 Å². The largest absolute Gasteiger partial charge is 0.493 e. The Labute approximate surface area is 146 Å². The summed E-state index contributed by atoms with van der Waals surface area (Å²) in [5.74, 6) is 2.04. The molecule has 2 heterocycles. The minimum Gasteiger partial charge on any atom is -0.493 e. The van der Waals surface area contributed by atoms with Crippen molar-refractivity contribution in [3.05, 3.63) is 40.8 Å². The fraction of sp³-hybridized carbons (Fsp3) is 0.444. The van der Waals surface area contributed by atoms with Crippen LogP contribution in [0.3, 0.4) is 0 Å². The normalized spacial score (nSPS) is 16.0. The maximum absolute atomic E-state index is 12.4. The van der Waals surface area contributed by atoms with Crippen LogP contribution in [-0.2, 0) is 17.8 Å². The molecule has 0 saturated carbocycles. The smallest absolute Gasteiger partial charge is 0.273 e. The number of rotatable bonds is 6. The van der Waals surface area contributed by atoms with Gasteiger partial charge in [0.15, 0.2) is 17.2 Å². The highest BCUT2D eigenvalue weighted by Crippen LogP contribution is 2.35. The Morgan fingerprint density at radius 1 is 1.40 bits per heavy atom. The third kappa shape index (κ3) is 3.61. The van der Waals surface area contributed by atoms with Crippen LogP contribution in [0.25, 0.3) is 0 Å². The number of para-hydroxylation sites is 1. The molecule has 1 N–H and O–H groups in total. The van der Waals surface area contributed by atoms with Crippen molar-refractivity contribution in [3.8, 4) is 11.5 Å². The summed E-state index contributed by atoms with van der Waals surface area (Å²) in [7, 11) is 3.20. The summed E-state index contributed by atoms with van der Waals surface area (Å²) < 4.78 is 21.4. The van der Waals surface area contributed by atoms with E-state index in [0.717, 1.165) is 23.5 Å². The molecule has 0 bridgehead atoms. The van der Waals surface area contributed by atoms with E-state index in [-0.39, 0.29) is 24.1 Å². The third-order valence-corrected chi connectivity index (χ3v) is 4.29. The Kier molecular flexibility index (Phi) is 5.23. The monoisotopic (exact) mass is 346 g/mol. The number of aromatic nitrogens is 1. The van der Waals surface area contributed by atoms with E-state index in [4.69, 9.17) is 18.7 Å². The molecular formula is C18H22N2O5. The first kappa shape index (κ1) is 17.3. The van der Waals surface area contributed by atoms with Gasteiger partial charge in [-0.3, -0.25) is 4.79 Å². The van der Waals surface area contributed by atoms with Crippen LogP contribution >= 0.6 is 0 Å². The number of amides is 1. The van der Waals surface area contributed by atoms with Crippen LogP contribution in [-0.4, -0.2) is 38.4 Å². The highest BCUT2D eigenvalue weighted by atomic mass is 16.5. The fourth-order valence-electron chi connectivity index (χ4n) is 2.95. The summed E-state index contributed by atoms with van der Waals surface area (Å²) in [4.78, 5) is 12.4. The molecule has 1 aromatic heterocycles. The van der Waals surface area contributed by atoms with Gasteiger partial charge in [0.2, 0.25) is 0 Å². The number of ether oxygens (including phenoxy) is 3. The molecule has 7 nitrogen and oxygen atoms in total. The molecule has 134 valence electrons. The van der Waals surface area contributed by atoms with E-state index < -0.39 is 0 Å². The number of hydrogen-bond donors (Lipinski definition) is 1. The number of fused-ring (bicyclic) bond motifs is 1. The van der Waals surface area contributed by atoms with E-state index in [1.54, 1.807) is 21.1 Å². The maximum atomic E-state index is 12.4. The molecular weight excluding hydrogens is 324 g/mol. The second kappa shape index (κ2) is 7.57. The van der Waals surface area contributed by atoms with E-state index in [1.165, 1.54) is 0 Å². The summed E-state index contributed by atoms with van der Waals surface area (Å²) >= 11 is 0. The number of nitrogens with zero attached hydrogens (tertiary/aromatic N) is 1. The van der Waals surface area contributed by atoms with Gasteiger partial charge in [0.25, 0.3) is 5.91 Å². The molecule has 0 aliphatic carbocycles. The van der Waals surface area contributed by atoms with Crippen molar-refractivity contribution in [2.45, 2.75) is 20.0 Å². The van der Waals surface area contributed by atoms with Crippen LogP contribution in [0.5, 0.6) is 11.5 Å². The Balaban J connectivity index is 1.62. The van der Waals surface area contributed by atoms with Crippen molar-refractivity contribution in [3.63, 3.8) is 0 Å². The van der Waals surface area contributed by atoms with Gasteiger partial charge in [-0.1, -0.05) is 17.3 Å². The number of hydrogen-bond acceptors (Lipinski definition) is 6. The number of aryl methyl sites for hydroxylation is 1. The summed E-state index contributed by atoms with van der Waals surface area (Å²) in [6, 6.07) is 5.84. The summed E-state index contributed by atoms with van der Waals surface area (Å²) in [5.41, 5.74) is 2.04. The van der Waals surface area contributed by atoms with E-state index in [2.05, 4.69) is 10.5 Å². The Hall–Kier alpha value is -2.54. The predicted molar refractivity (Wildman–Crippen MR) is 90.0 cm³/mol. The Bertz CT molecular complexity index is 756. The second-order valence-corrected chi connectivity index (χ2v) is 6.04. The number of carbonyl (C=O) groups is 1. The lowest BCUT2D eigenvalue weighted by molar-refractivity contribution is 0.0925. The lowest BCUT2D eigenvalue weighted by atomic mass is 9.96. The lowest BCUT2D eigenvalue weighted by Gasteiger charge is -2.26. The molecule has 3 rings (SSSR count). The molecule has 25 heavy (non-hydrogen) atoms. The van der Waals surface area contributed by atoms with Gasteiger partial charge >= 0.3 is 0 Å². The molecule has 0 fully saturated rings. The van der Waals surface area contributed by atoms with Crippen molar-refractivity contribution in [2.75, 3.05) is 27.4 Å². The number of benzene rings is 1. The zero-order chi connectivity index (χ0) is 17.8. The van der Waals surface area contributed by atoms with Gasteiger partial charge in [-0.2, -0.15) is 0 Å². The molecule has 1 unspecified atom stereocenters. The average Bonchev–Trinajstić information content (AvgIpc) is 3.00. The van der Waals surface area contributed by atoms with Gasteiger partial charge in [-0.25, -0.2) is 0 Å². The zero-order valence-electron chi connectivity index (χ0n) is 14.6.